The van der Waals surface area contributed by atoms with Crippen LogP contribution >= 0.6 is 0 Å². The first kappa shape index (κ1) is 22.2. The minimum Gasteiger partial charge on any atom is -0.468 e. The van der Waals surface area contributed by atoms with Crippen molar-refractivity contribution in [3.8, 4) is 11.1 Å². The van der Waals surface area contributed by atoms with Crippen molar-refractivity contribution in [3.05, 3.63) is 60.2 Å². The van der Waals surface area contributed by atoms with E-state index in [9.17, 15) is 14.4 Å². The predicted octanol–water partition coefficient (Wildman–Crippen LogP) is 3.36. The Balaban J connectivity index is 1.34. The minimum absolute atomic E-state index is 0.0802. The van der Waals surface area contributed by atoms with Crippen molar-refractivity contribution >= 4 is 17.7 Å². The van der Waals surface area contributed by atoms with Crippen LogP contribution in [-0.4, -0.2) is 42.4 Å². The zero-order valence-corrected chi connectivity index (χ0v) is 18.8. The Morgan fingerprint density at radius 2 is 1.69 bits per heavy atom. The van der Waals surface area contributed by atoms with Gasteiger partial charge >= 0.3 is 5.97 Å². The van der Waals surface area contributed by atoms with Gasteiger partial charge in [-0.1, -0.05) is 56.3 Å². The van der Waals surface area contributed by atoms with Crippen LogP contribution in [0.4, 0.5) is 0 Å². The second-order valence-electron chi connectivity index (χ2n) is 9.27. The third kappa shape index (κ3) is 4.19. The number of Topliss-reactive ketones (excluding diaryl/α,β-unsaturated/α-hetero) is 1. The molecule has 0 saturated heterocycles. The summed E-state index contributed by atoms with van der Waals surface area (Å²) in [5, 5.41) is 6.26. The molecule has 168 valence electrons. The van der Waals surface area contributed by atoms with Crippen LogP contribution in [0.25, 0.3) is 11.1 Å². The molecule has 2 fully saturated rings. The number of methoxy groups -OCH3 is 1. The van der Waals surface area contributed by atoms with E-state index >= 15 is 0 Å². The second-order valence-corrected chi connectivity index (χ2v) is 9.27. The maximum absolute atomic E-state index is 12.6. The number of carbonyl (C=O) groups is 3. The number of rotatable bonds is 9. The van der Waals surface area contributed by atoms with Gasteiger partial charge in [0.25, 0.3) is 5.91 Å². The lowest BCUT2D eigenvalue weighted by Gasteiger charge is -2.24. The van der Waals surface area contributed by atoms with Gasteiger partial charge in [-0.3, -0.25) is 19.7 Å². The molecule has 0 heterocycles. The standard InChI is InChI=1S/C26H30N2O4/c1-17(2)21-15-26(21,24(31)32-3)28-25(16-22(25)29)13-14-27-23(30)20-11-9-19(10-12-20)18-7-5-4-6-8-18/h4-12,17,21,28H,13-16H2,1-3H3,(H,27,30)/t21-,25?,26?/m0/s1. The molecule has 0 aromatic heterocycles. The smallest absolute Gasteiger partial charge is 0.326 e. The summed E-state index contributed by atoms with van der Waals surface area (Å²) in [4.78, 5) is 37.3. The van der Waals surface area contributed by atoms with Crippen LogP contribution in [0.15, 0.2) is 54.6 Å². The summed E-state index contributed by atoms with van der Waals surface area (Å²) in [6.45, 7) is 4.49. The number of amides is 1. The molecule has 32 heavy (non-hydrogen) atoms. The fraction of sp³-hybridized carbons (Fsp3) is 0.423. The number of nitrogens with one attached hydrogen (secondary N) is 2. The zero-order chi connectivity index (χ0) is 22.9. The van der Waals surface area contributed by atoms with E-state index in [-0.39, 0.29) is 23.6 Å². The van der Waals surface area contributed by atoms with E-state index < -0.39 is 11.1 Å². The van der Waals surface area contributed by atoms with E-state index in [0.29, 0.717) is 37.3 Å². The maximum Gasteiger partial charge on any atom is 0.326 e. The van der Waals surface area contributed by atoms with Crippen LogP contribution in [0.2, 0.25) is 0 Å². The van der Waals surface area contributed by atoms with Crippen molar-refractivity contribution in [1.82, 2.24) is 10.6 Å². The largest absolute Gasteiger partial charge is 0.468 e. The van der Waals surface area contributed by atoms with Gasteiger partial charge < -0.3 is 10.1 Å². The third-order valence-electron chi connectivity index (χ3n) is 6.79. The van der Waals surface area contributed by atoms with Gasteiger partial charge in [0.1, 0.15) is 5.54 Å². The van der Waals surface area contributed by atoms with Crippen LogP contribution in [0.1, 0.15) is 43.5 Å². The lowest BCUT2D eigenvalue weighted by atomic mass is 10.0. The highest BCUT2D eigenvalue weighted by molar-refractivity contribution is 6.06. The zero-order valence-electron chi connectivity index (χ0n) is 18.8. The Kier molecular flexibility index (Phi) is 5.91. The molecule has 1 amide bonds. The summed E-state index contributed by atoms with van der Waals surface area (Å²) in [5.74, 6) is 0.0560. The van der Waals surface area contributed by atoms with Crippen molar-refractivity contribution < 1.29 is 19.1 Å². The molecule has 6 heteroatoms. The summed E-state index contributed by atoms with van der Waals surface area (Å²) in [6.07, 6.45) is 1.49. The van der Waals surface area contributed by atoms with Gasteiger partial charge in [0, 0.05) is 18.5 Å². The molecule has 0 bridgehead atoms. The van der Waals surface area contributed by atoms with Crippen LogP contribution in [-0.2, 0) is 14.3 Å². The van der Waals surface area contributed by atoms with Crippen molar-refractivity contribution in [2.45, 2.75) is 44.2 Å². The quantitative estimate of drug-likeness (QED) is 0.591. The lowest BCUT2D eigenvalue weighted by Crippen LogP contribution is -2.51. The Morgan fingerprint density at radius 1 is 1.06 bits per heavy atom. The number of carbonyl (C=O) groups excluding carboxylic acids is 3. The van der Waals surface area contributed by atoms with Crippen molar-refractivity contribution in [1.29, 1.82) is 0 Å². The monoisotopic (exact) mass is 434 g/mol. The van der Waals surface area contributed by atoms with Gasteiger partial charge in [-0.05, 0) is 47.9 Å². The molecular formula is C26H30N2O4. The summed E-state index contributed by atoms with van der Waals surface area (Å²) in [7, 11) is 1.38. The Labute approximate surface area is 188 Å². The van der Waals surface area contributed by atoms with Crippen LogP contribution < -0.4 is 10.6 Å². The average molecular weight is 435 g/mol. The van der Waals surface area contributed by atoms with Crippen molar-refractivity contribution in [2.24, 2.45) is 11.8 Å². The Bertz CT molecular complexity index is 1020. The number of benzene rings is 2. The summed E-state index contributed by atoms with van der Waals surface area (Å²) in [6, 6.07) is 17.4. The maximum atomic E-state index is 12.6. The van der Waals surface area contributed by atoms with E-state index in [1.165, 1.54) is 7.11 Å². The number of esters is 1. The molecule has 2 aromatic rings. The number of ether oxygens (including phenoxy) is 1. The van der Waals surface area contributed by atoms with E-state index in [1.54, 1.807) is 12.1 Å². The summed E-state index contributed by atoms with van der Waals surface area (Å²) >= 11 is 0. The number of ketones is 1. The summed E-state index contributed by atoms with van der Waals surface area (Å²) in [5.41, 5.74) is 1.18. The first-order valence-corrected chi connectivity index (χ1v) is 11.2. The first-order chi connectivity index (χ1) is 15.3. The molecule has 4 rings (SSSR count). The highest BCUT2D eigenvalue weighted by Gasteiger charge is 2.68. The average Bonchev–Trinajstić information content (AvgIpc) is 3.69. The number of hydrogen-bond donors (Lipinski definition) is 2. The molecule has 2 saturated carbocycles. The van der Waals surface area contributed by atoms with E-state index in [4.69, 9.17) is 4.74 Å². The molecule has 2 aliphatic rings. The molecule has 3 atom stereocenters. The molecule has 2 unspecified atom stereocenters. The third-order valence-corrected chi connectivity index (χ3v) is 6.79. The SMILES string of the molecule is COC(=O)C1(NC2(CCNC(=O)c3ccc(-c4ccccc4)cc3)CC2=O)C[C@H]1C(C)C. The van der Waals surface area contributed by atoms with Crippen LogP contribution in [0.5, 0.6) is 0 Å². The normalized spacial score (nSPS) is 26.0. The minimum atomic E-state index is -0.785. The van der Waals surface area contributed by atoms with Crippen LogP contribution in [0.3, 0.4) is 0 Å². The second kappa shape index (κ2) is 8.51. The predicted molar refractivity (Wildman–Crippen MR) is 122 cm³/mol. The highest BCUT2D eigenvalue weighted by atomic mass is 16.5. The molecule has 2 aromatic carbocycles. The molecule has 0 radical (unpaired) electrons. The van der Waals surface area contributed by atoms with Gasteiger partial charge in [-0.25, -0.2) is 0 Å². The lowest BCUT2D eigenvalue weighted by molar-refractivity contribution is -0.145. The highest BCUT2D eigenvalue weighted by Crippen LogP contribution is 2.52. The van der Waals surface area contributed by atoms with Gasteiger partial charge in [-0.15, -0.1) is 0 Å². The molecule has 0 spiro atoms. The fourth-order valence-corrected chi connectivity index (χ4v) is 4.70. The van der Waals surface area contributed by atoms with Crippen molar-refractivity contribution in [3.63, 3.8) is 0 Å². The number of hydrogen-bond acceptors (Lipinski definition) is 5. The van der Waals surface area contributed by atoms with Gasteiger partial charge in [0.2, 0.25) is 0 Å². The Morgan fingerprint density at radius 3 is 2.22 bits per heavy atom. The molecule has 2 N–H and O–H groups in total. The Hall–Kier alpha value is -2.99. The van der Waals surface area contributed by atoms with E-state index in [0.717, 1.165) is 11.1 Å². The fourth-order valence-electron chi connectivity index (χ4n) is 4.70. The molecule has 0 aliphatic heterocycles. The van der Waals surface area contributed by atoms with Gasteiger partial charge in [0.05, 0.1) is 12.6 Å². The summed E-state index contributed by atoms with van der Waals surface area (Å²) < 4.78 is 5.03. The van der Waals surface area contributed by atoms with E-state index in [1.807, 2.05) is 42.5 Å². The van der Waals surface area contributed by atoms with Gasteiger partial charge in [-0.2, -0.15) is 0 Å². The molecule has 2 aliphatic carbocycles. The van der Waals surface area contributed by atoms with Crippen LogP contribution in [0, 0.1) is 11.8 Å². The topological polar surface area (TPSA) is 84.5 Å². The molecular weight excluding hydrogens is 404 g/mol. The molecule has 6 nitrogen and oxygen atoms in total. The first-order valence-electron chi connectivity index (χ1n) is 11.2. The van der Waals surface area contributed by atoms with Gasteiger partial charge in [0.15, 0.2) is 5.78 Å². The van der Waals surface area contributed by atoms with Crippen molar-refractivity contribution in [2.75, 3.05) is 13.7 Å². The van der Waals surface area contributed by atoms with E-state index in [2.05, 4.69) is 24.5 Å².